The van der Waals surface area contributed by atoms with E-state index >= 15 is 0 Å². The fraction of sp³-hybridized carbons (Fsp3) is 0.316. The predicted octanol–water partition coefficient (Wildman–Crippen LogP) is 3.00. The maximum Gasteiger partial charge on any atom is 0.319 e. The Morgan fingerprint density at radius 3 is 2.73 bits per heavy atom. The lowest BCUT2D eigenvalue weighted by Crippen LogP contribution is -2.05. The minimum atomic E-state index is -0.910. The molecule has 0 saturated carbocycles. The Labute approximate surface area is 151 Å². The van der Waals surface area contributed by atoms with Crippen LogP contribution in [0.1, 0.15) is 53.8 Å². The fourth-order valence-corrected chi connectivity index (χ4v) is 2.75. The van der Waals surface area contributed by atoms with Gasteiger partial charge in [0.15, 0.2) is 5.82 Å². The highest BCUT2D eigenvalue weighted by Crippen LogP contribution is 2.30. The Kier molecular flexibility index (Phi) is 5.48. The molecule has 0 aliphatic heterocycles. The van der Waals surface area contributed by atoms with Gasteiger partial charge in [-0.25, -0.2) is 0 Å². The van der Waals surface area contributed by atoms with Crippen LogP contribution >= 0.6 is 0 Å². The maximum atomic E-state index is 10.8. The van der Waals surface area contributed by atoms with Crippen molar-refractivity contribution >= 4 is 23.1 Å². The fourth-order valence-electron chi connectivity index (χ4n) is 2.75. The van der Waals surface area contributed by atoms with Crippen LogP contribution in [0.4, 0.5) is 5.82 Å². The summed E-state index contributed by atoms with van der Waals surface area (Å²) in [6.45, 7) is 2.64. The van der Waals surface area contributed by atoms with Gasteiger partial charge in [0.05, 0.1) is 6.61 Å². The molecule has 3 rings (SSSR count). The van der Waals surface area contributed by atoms with E-state index in [1.807, 2.05) is 0 Å². The highest BCUT2D eigenvalue weighted by molar-refractivity contribution is 5.88. The van der Waals surface area contributed by atoms with Crippen molar-refractivity contribution in [1.29, 1.82) is 0 Å². The summed E-state index contributed by atoms with van der Waals surface area (Å²) in [5.74, 6) is 0.273. The summed E-state index contributed by atoms with van der Waals surface area (Å²) >= 11 is 0. The number of aromatic nitrogens is 3. The average Bonchev–Trinajstić information content (AvgIpc) is 3.09. The normalized spacial score (nSPS) is 12.2. The van der Waals surface area contributed by atoms with Crippen LogP contribution in [-0.2, 0) is 0 Å². The average molecular weight is 354 g/mol. The van der Waals surface area contributed by atoms with Crippen molar-refractivity contribution in [3.63, 3.8) is 0 Å². The molecule has 136 valence electrons. The summed E-state index contributed by atoms with van der Waals surface area (Å²) in [4.78, 5) is 22.4. The largest absolute Gasteiger partial charge is 0.463 e. The molecule has 1 atom stereocenters. The van der Waals surface area contributed by atoms with Crippen molar-refractivity contribution in [2.45, 2.75) is 32.3 Å². The Morgan fingerprint density at radius 2 is 2.04 bits per heavy atom. The van der Waals surface area contributed by atoms with Crippen LogP contribution in [0.2, 0.25) is 0 Å². The maximum absolute atomic E-state index is 10.8. The molecule has 0 fully saturated rings. The van der Waals surface area contributed by atoms with E-state index in [2.05, 4.69) is 21.9 Å². The van der Waals surface area contributed by atoms with Crippen molar-refractivity contribution in [2.75, 3.05) is 12.3 Å². The number of aliphatic hydroxyl groups is 1. The molecule has 0 saturated heterocycles. The van der Waals surface area contributed by atoms with E-state index in [-0.39, 0.29) is 11.8 Å². The number of anilines is 1. The topological polar surface area (TPSA) is 114 Å². The Hall–Kier alpha value is -2.93. The third kappa shape index (κ3) is 3.67. The first kappa shape index (κ1) is 17.9. The zero-order chi connectivity index (χ0) is 18.5. The standard InChI is InChI=1S/C19H22N4O3/c1-2-3-4-9-26-19-22-15-14(10-21-16(15)18(20)23-19)17(25)13-7-5-12(11-24)6-8-13/h5-8,10-11,17,21,25H,2-4,9H2,1H3,(H2,20,22,23). The molecule has 2 heterocycles. The van der Waals surface area contributed by atoms with E-state index < -0.39 is 6.10 Å². The van der Waals surface area contributed by atoms with Crippen LogP contribution in [0.25, 0.3) is 11.0 Å². The van der Waals surface area contributed by atoms with Crippen LogP contribution < -0.4 is 10.5 Å². The highest BCUT2D eigenvalue weighted by Gasteiger charge is 2.19. The number of benzene rings is 1. The number of H-pyrrole nitrogens is 1. The van der Waals surface area contributed by atoms with Crippen LogP contribution in [0.3, 0.4) is 0 Å². The molecule has 7 heteroatoms. The molecule has 3 aromatic rings. The summed E-state index contributed by atoms with van der Waals surface area (Å²) in [7, 11) is 0. The van der Waals surface area contributed by atoms with Gasteiger partial charge in [0.2, 0.25) is 0 Å². The van der Waals surface area contributed by atoms with Gasteiger partial charge >= 0.3 is 6.01 Å². The molecule has 7 nitrogen and oxygen atoms in total. The van der Waals surface area contributed by atoms with Crippen molar-refractivity contribution < 1.29 is 14.6 Å². The monoisotopic (exact) mass is 354 g/mol. The summed E-state index contributed by atoms with van der Waals surface area (Å²) in [5, 5.41) is 10.7. The second kappa shape index (κ2) is 7.97. The number of aldehydes is 1. The zero-order valence-electron chi connectivity index (χ0n) is 14.6. The van der Waals surface area contributed by atoms with Crippen molar-refractivity contribution in [2.24, 2.45) is 0 Å². The van der Waals surface area contributed by atoms with Gasteiger partial charge in [0, 0.05) is 17.3 Å². The lowest BCUT2D eigenvalue weighted by atomic mass is 10.0. The van der Waals surface area contributed by atoms with Gasteiger partial charge in [-0.3, -0.25) is 4.79 Å². The van der Waals surface area contributed by atoms with Crippen molar-refractivity contribution in [3.05, 3.63) is 47.2 Å². The third-order valence-electron chi connectivity index (χ3n) is 4.22. The van der Waals surface area contributed by atoms with Crippen LogP contribution in [-0.4, -0.2) is 33.0 Å². The molecule has 0 aliphatic rings. The lowest BCUT2D eigenvalue weighted by molar-refractivity contribution is 0.112. The first-order valence-corrected chi connectivity index (χ1v) is 8.64. The molecule has 0 radical (unpaired) electrons. The number of aromatic amines is 1. The number of nitrogens with zero attached hydrogens (tertiary/aromatic N) is 2. The number of fused-ring (bicyclic) bond motifs is 1. The van der Waals surface area contributed by atoms with Gasteiger partial charge < -0.3 is 20.6 Å². The summed E-state index contributed by atoms with van der Waals surface area (Å²) < 4.78 is 5.60. The zero-order valence-corrected chi connectivity index (χ0v) is 14.6. The second-order valence-electron chi connectivity index (χ2n) is 6.10. The third-order valence-corrected chi connectivity index (χ3v) is 4.22. The Balaban J connectivity index is 1.89. The van der Waals surface area contributed by atoms with E-state index in [0.29, 0.717) is 34.3 Å². The smallest absolute Gasteiger partial charge is 0.319 e. The number of unbranched alkanes of at least 4 members (excludes halogenated alkanes) is 2. The first-order valence-electron chi connectivity index (χ1n) is 8.64. The van der Waals surface area contributed by atoms with Gasteiger partial charge in [-0.05, 0) is 12.0 Å². The van der Waals surface area contributed by atoms with Crippen LogP contribution in [0.5, 0.6) is 6.01 Å². The van der Waals surface area contributed by atoms with Crippen molar-refractivity contribution in [3.8, 4) is 6.01 Å². The van der Waals surface area contributed by atoms with Gasteiger partial charge in [0.25, 0.3) is 0 Å². The minimum absolute atomic E-state index is 0.204. The van der Waals surface area contributed by atoms with Gasteiger partial charge in [-0.2, -0.15) is 9.97 Å². The van der Waals surface area contributed by atoms with Gasteiger partial charge in [0.1, 0.15) is 23.4 Å². The Morgan fingerprint density at radius 1 is 1.27 bits per heavy atom. The number of carbonyl (C=O) groups excluding carboxylic acids is 1. The molecule has 2 aromatic heterocycles. The SMILES string of the molecule is CCCCCOc1nc(N)c2[nH]cc(C(O)c3ccc(C=O)cc3)c2n1. The molecular formula is C19H22N4O3. The number of nitrogen functional groups attached to an aromatic ring is 1. The molecule has 1 aromatic carbocycles. The summed E-state index contributed by atoms with van der Waals surface area (Å²) in [6, 6.07) is 6.94. The molecular weight excluding hydrogens is 332 g/mol. The van der Waals surface area contributed by atoms with Crippen LogP contribution in [0.15, 0.2) is 30.5 Å². The first-order chi connectivity index (χ1) is 12.6. The quantitative estimate of drug-likeness (QED) is 0.423. The number of ether oxygens (including phenoxy) is 1. The lowest BCUT2D eigenvalue weighted by Gasteiger charge is -2.11. The predicted molar refractivity (Wildman–Crippen MR) is 99.2 cm³/mol. The second-order valence-corrected chi connectivity index (χ2v) is 6.10. The van der Waals surface area contributed by atoms with Crippen LogP contribution in [0, 0.1) is 0 Å². The molecule has 0 amide bonds. The number of nitrogens with two attached hydrogens (primary N) is 1. The molecule has 0 spiro atoms. The number of hydrogen-bond acceptors (Lipinski definition) is 6. The number of hydrogen-bond donors (Lipinski definition) is 3. The Bertz CT molecular complexity index is 890. The number of rotatable bonds is 8. The molecule has 4 N–H and O–H groups in total. The number of aliphatic hydroxyl groups excluding tert-OH is 1. The molecule has 0 aliphatic carbocycles. The molecule has 1 unspecified atom stereocenters. The van der Waals surface area contributed by atoms with Crippen molar-refractivity contribution in [1.82, 2.24) is 15.0 Å². The van der Waals surface area contributed by atoms with E-state index in [4.69, 9.17) is 10.5 Å². The van der Waals surface area contributed by atoms with Gasteiger partial charge in [-0.1, -0.05) is 44.0 Å². The molecule has 0 bridgehead atoms. The number of nitrogens with one attached hydrogen (secondary N) is 1. The number of carbonyl (C=O) groups is 1. The minimum Gasteiger partial charge on any atom is -0.463 e. The van der Waals surface area contributed by atoms with E-state index in [9.17, 15) is 9.90 Å². The van der Waals surface area contributed by atoms with E-state index in [1.165, 1.54) is 0 Å². The highest BCUT2D eigenvalue weighted by atomic mass is 16.5. The van der Waals surface area contributed by atoms with Gasteiger partial charge in [-0.15, -0.1) is 0 Å². The van der Waals surface area contributed by atoms with E-state index in [1.54, 1.807) is 30.5 Å². The molecule has 26 heavy (non-hydrogen) atoms. The summed E-state index contributed by atoms with van der Waals surface area (Å²) in [6.07, 6.45) is 4.60. The summed E-state index contributed by atoms with van der Waals surface area (Å²) in [5.41, 5.74) is 8.85. The van der Waals surface area contributed by atoms with E-state index in [0.717, 1.165) is 25.5 Å².